The highest BCUT2D eigenvalue weighted by molar-refractivity contribution is 7.90. The molecule has 1 aromatic rings. The second-order valence-corrected chi connectivity index (χ2v) is 9.79. The number of amides is 1. The third-order valence-corrected chi connectivity index (χ3v) is 6.59. The molecular formula is C21H33N3O3S. The Morgan fingerprint density at radius 2 is 1.82 bits per heavy atom. The SMILES string of the molecule is CC[C@H](C)[C@H](N=C1NS(=O)(=O)c2ccccc21)C(=O)N[C@@H](C)CCCC(C)C. The number of hydrogen-bond donors (Lipinski definition) is 2. The van der Waals surface area contributed by atoms with Crippen molar-refractivity contribution < 1.29 is 13.2 Å². The molecule has 0 spiro atoms. The first kappa shape index (κ1) is 22.4. The van der Waals surface area contributed by atoms with Crippen LogP contribution in [0.1, 0.15) is 65.9 Å². The zero-order valence-corrected chi connectivity index (χ0v) is 18.3. The summed E-state index contributed by atoms with van der Waals surface area (Å²) in [6.45, 7) is 10.4. The minimum atomic E-state index is -3.61. The van der Waals surface area contributed by atoms with E-state index in [9.17, 15) is 13.2 Å². The molecule has 0 bridgehead atoms. The van der Waals surface area contributed by atoms with E-state index in [4.69, 9.17) is 0 Å². The number of amidine groups is 1. The molecular weight excluding hydrogens is 374 g/mol. The van der Waals surface area contributed by atoms with E-state index in [2.05, 4.69) is 28.9 Å². The predicted octanol–water partition coefficient (Wildman–Crippen LogP) is 3.47. The van der Waals surface area contributed by atoms with E-state index in [-0.39, 0.29) is 28.6 Å². The fourth-order valence-electron chi connectivity index (χ4n) is 3.27. The quantitative estimate of drug-likeness (QED) is 0.657. The van der Waals surface area contributed by atoms with Gasteiger partial charge in [0.05, 0.1) is 4.90 Å². The van der Waals surface area contributed by atoms with Crippen molar-refractivity contribution in [3.05, 3.63) is 29.8 Å². The molecule has 28 heavy (non-hydrogen) atoms. The lowest BCUT2D eigenvalue weighted by atomic mass is 9.97. The Balaban J connectivity index is 2.19. The van der Waals surface area contributed by atoms with Gasteiger partial charge in [-0.15, -0.1) is 0 Å². The molecule has 2 N–H and O–H groups in total. The van der Waals surface area contributed by atoms with E-state index in [0.717, 1.165) is 25.7 Å². The Kier molecular flexibility index (Phi) is 7.63. The molecule has 6 nitrogen and oxygen atoms in total. The molecule has 7 heteroatoms. The van der Waals surface area contributed by atoms with E-state index in [1.54, 1.807) is 24.3 Å². The number of nitrogens with zero attached hydrogens (tertiary/aromatic N) is 1. The molecule has 3 atom stereocenters. The molecule has 0 saturated heterocycles. The van der Waals surface area contributed by atoms with E-state index in [0.29, 0.717) is 11.5 Å². The molecule has 0 fully saturated rings. The Hall–Kier alpha value is -1.89. The molecule has 0 radical (unpaired) electrons. The van der Waals surface area contributed by atoms with Crippen molar-refractivity contribution in [2.75, 3.05) is 0 Å². The van der Waals surface area contributed by atoms with Crippen LogP contribution in [0.3, 0.4) is 0 Å². The van der Waals surface area contributed by atoms with Crippen molar-refractivity contribution in [1.29, 1.82) is 0 Å². The van der Waals surface area contributed by atoms with Crippen LogP contribution in [0, 0.1) is 11.8 Å². The first-order valence-corrected chi connectivity index (χ1v) is 11.6. The van der Waals surface area contributed by atoms with Gasteiger partial charge in [0.2, 0.25) is 5.91 Å². The summed E-state index contributed by atoms with van der Waals surface area (Å²) in [6, 6.07) is 6.14. The summed E-state index contributed by atoms with van der Waals surface area (Å²) in [5.74, 6) is 0.747. The molecule has 0 unspecified atom stereocenters. The largest absolute Gasteiger partial charge is 0.352 e. The highest BCUT2D eigenvalue weighted by Crippen LogP contribution is 2.24. The third kappa shape index (κ3) is 5.56. The molecule has 0 aliphatic carbocycles. The van der Waals surface area contributed by atoms with Crippen LogP contribution in [0.2, 0.25) is 0 Å². The van der Waals surface area contributed by atoms with E-state index < -0.39 is 16.1 Å². The van der Waals surface area contributed by atoms with Crippen LogP contribution in [0.5, 0.6) is 0 Å². The van der Waals surface area contributed by atoms with Crippen LogP contribution in [0.15, 0.2) is 34.2 Å². The predicted molar refractivity (Wildman–Crippen MR) is 113 cm³/mol. The van der Waals surface area contributed by atoms with Crippen LogP contribution in [-0.4, -0.2) is 32.2 Å². The molecule has 1 amide bonds. The van der Waals surface area contributed by atoms with Gasteiger partial charge in [-0.2, -0.15) is 0 Å². The number of rotatable bonds is 9. The average Bonchev–Trinajstić information content (AvgIpc) is 2.89. The summed E-state index contributed by atoms with van der Waals surface area (Å²) >= 11 is 0. The van der Waals surface area contributed by atoms with Gasteiger partial charge in [0, 0.05) is 11.6 Å². The number of carbonyl (C=O) groups is 1. The summed E-state index contributed by atoms with van der Waals surface area (Å²) in [5, 5.41) is 3.06. The van der Waals surface area contributed by atoms with Gasteiger partial charge >= 0.3 is 0 Å². The number of sulfonamides is 1. The minimum Gasteiger partial charge on any atom is -0.352 e. The van der Waals surface area contributed by atoms with Gasteiger partial charge in [-0.25, -0.2) is 8.42 Å². The van der Waals surface area contributed by atoms with E-state index >= 15 is 0 Å². The number of benzene rings is 1. The lowest BCUT2D eigenvalue weighted by molar-refractivity contribution is -0.124. The summed E-state index contributed by atoms with van der Waals surface area (Å²) in [7, 11) is -3.61. The second kappa shape index (κ2) is 9.54. The molecule has 1 aliphatic rings. The van der Waals surface area contributed by atoms with Crippen LogP contribution in [0.25, 0.3) is 0 Å². The van der Waals surface area contributed by atoms with Gasteiger partial charge in [0.25, 0.3) is 10.0 Å². The van der Waals surface area contributed by atoms with Crippen LogP contribution in [-0.2, 0) is 14.8 Å². The highest BCUT2D eigenvalue weighted by Gasteiger charge is 2.33. The van der Waals surface area contributed by atoms with Gasteiger partial charge in [0.15, 0.2) is 0 Å². The van der Waals surface area contributed by atoms with Crippen molar-refractivity contribution in [2.24, 2.45) is 16.8 Å². The van der Waals surface area contributed by atoms with Crippen molar-refractivity contribution in [1.82, 2.24) is 10.0 Å². The fourth-order valence-corrected chi connectivity index (χ4v) is 4.51. The number of nitrogens with one attached hydrogen (secondary N) is 2. The minimum absolute atomic E-state index is 0.00682. The molecule has 0 aromatic heterocycles. The zero-order valence-electron chi connectivity index (χ0n) is 17.5. The topological polar surface area (TPSA) is 87.6 Å². The van der Waals surface area contributed by atoms with Crippen LogP contribution >= 0.6 is 0 Å². The average molecular weight is 408 g/mol. The van der Waals surface area contributed by atoms with Crippen LogP contribution in [0.4, 0.5) is 0 Å². The molecule has 1 aliphatic heterocycles. The normalized spacial score (nSPS) is 19.7. The van der Waals surface area contributed by atoms with Gasteiger partial charge < -0.3 is 5.32 Å². The van der Waals surface area contributed by atoms with Gasteiger partial charge in [0.1, 0.15) is 11.9 Å². The first-order chi connectivity index (χ1) is 13.2. The third-order valence-electron chi connectivity index (χ3n) is 5.19. The summed E-state index contributed by atoms with van der Waals surface area (Å²) in [6.07, 6.45) is 3.89. The second-order valence-electron chi connectivity index (χ2n) is 8.14. The molecule has 1 aromatic carbocycles. The van der Waals surface area contributed by atoms with Gasteiger partial charge in [-0.1, -0.05) is 59.1 Å². The Labute approximate surface area is 169 Å². The highest BCUT2D eigenvalue weighted by atomic mass is 32.2. The zero-order chi connectivity index (χ0) is 20.9. The van der Waals surface area contributed by atoms with Gasteiger partial charge in [-0.3, -0.25) is 14.5 Å². The van der Waals surface area contributed by atoms with E-state index in [1.807, 2.05) is 20.8 Å². The lowest BCUT2D eigenvalue weighted by Crippen LogP contribution is -2.43. The van der Waals surface area contributed by atoms with Crippen molar-refractivity contribution in [3.8, 4) is 0 Å². The number of carbonyl (C=O) groups excluding carboxylic acids is 1. The summed E-state index contributed by atoms with van der Waals surface area (Å²) in [4.78, 5) is 17.7. The lowest BCUT2D eigenvalue weighted by Gasteiger charge is -2.22. The number of hydrogen-bond acceptors (Lipinski definition) is 4. The molecule has 1 heterocycles. The maximum Gasteiger partial charge on any atom is 0.263 e. The number of aliphatic imine (C=N–C) groups is 1. The van der Waals surface area contributed by atoms with Gasteiger partial charge in [-0.05, 0) is 37.3 Å². The Morgan fingerprint density at radius 3 is 2.46 bits per heavy atom. The van der Waals surface area contributed by atoms with Crippen molar-refractivity contribution in [3.63, 3.8) is 0 Å². The maximum absolute atomic E-state index is 12.9. The summed E-state index contributed by atoms with van der Waals surface area (Å²) < 4.78 is 27.1. The van der Waals surface area contributed by atoms with Crippen molar-refractivity contribution >= 4 is 21.8 Å². The fraction of sp³-hybridized carbons (Fsp3) is 0.619. The molecule has 2 rings (SSSR count). The molecule has 0 saturated carbocycles. The first-order valence-electron chi connectivity index (χ1n) is 10.2. The smallest absolute Gasteiger partial charge is 0.263 e. The number of fused-ring (bicyclic) bond motifs is 1. The maximum atomic E-state index is 12.9. The van der Waals surface area contributed by atoms with E-state index in [1.165, 1.54) is 0 Å². The summed E-state index contributed by atoms with van der Waals surface area (Å²) in [5.41, 5.74) is 0.522. The van der Waals surface area contributed by atoms with Crippen LogP contribution < -0.4 is 10.0 Å². The standard InChI is InChI=1S/C21H33N3O3S/c1-6-15(4)19(21(25)22-16(5)11-9-10-14(2)3)23-20-17-12-7-8-13-18(17)28(26,27)24-20/h7-8,12-16,19H,6,9-11H2,1-5H3,(H,22,25)(H,23,24)/t15-,16-,19-/m0/s1. The molecule has 156 valence electrons. The Morgan fingerprint density at radius 1 is 1.14 bits per heavy atom. The monoisotopic (exact) mass is 407 g/mol. The Bertz CT molecular complexity index is 818. The van der Waals surface area contributed by atoms with Crippen molar-refractivity contribution in [2.45, 2.75) is 77.3 Å².